The van der Waals surface area contributed by atoms with Gasteiger partial charge < -0.3 is 9.73 Å². The van der Waals surface area contributed by atoms with Crippen LogP contribution >= 0.6 is 46.3 Å². The number of hydrogen-bond acceptors (Lipinski definition) is 7. The molecule has 1 amide bonds. The van der Waals surface area contributed by atoms with Crippen LogP contribution in [0.15, 0.2) is 63.6 Å². The minimum absolute atomic E-state index is 0.260. The van der Waals surface area contributed by atoms with Crippen molar-refractivity contribution < 1.29 is 9.21 Å². The Bertz CT molecular complexity index is 1180. The lowest BCUT2D eigenvalue weighted by atomic mass is 10.1. The highest BCUT2D eigenvalue weighted by Crippen LogP contribution is 2.36. The fraction of sp³-hybridized carbons (Fsp3) is 0.143. The van der Waals surface area contributed by atoms with Gasteiger partial charge in [-0.25, -0.2) is 4.98 Å². The summed E-state index contributed by atoms with van der Waals surface area (Å²) in [4.78, 5) is 17.5. The van der Waals surface area contributed by atoms with Crippen molar-refractivity contribution >= 4 is 57.9 Å². The lowest BCUT2D eigenvalue weighted by Gasteiger charge is -2.15. The lowest BCUT2D eigenvalue weighted by molar-refractivity contribution is -0.115. The first-order chi connectivity index (χ1) is 15.0. The molecule has 0 saturated carbocycles. The third-order valence-corrected chi connectivity index (χ3v) is 6.48. The molecule has 0 aliphatic heterocycles. The smallest absolute Gasteiger partial charge is 0.277 e. The molecule has 4 aromatic rings. The van der Waals surface area contributed by atoms with Crippen molar-refractivity contribution in [3.8, 4) is 0 Å². The number of carbonyl (C=O) groups is 1. The number of amides is 1. The molecule has 158 valence electrons. The minimum Gasteiger partial charge on any atom is -0.416 e. The highest BCUT2D eigenvalue weighted by atomic mass is 35.5. The zero-order valence-electron chi connectivity index (χ0n) is 16.2. The zero-order valence-corrected chi connectivity index (χ0v) is 19.4. The number of halogens is 2. The molecule has 0 saturated heterocycles. The summed E-state index contributed by atoms with van der Waals surface area (Å²) in [5, 5.41) is 14.6. The fourth-order valence-corrected chi connectivity index (χ4v) is 4.87. The maximum absolute atomic E-state index is 13.1. The molecule has 2 aromatic carbocycles. The van der Waals surface area contributed by atoms with Crippen LogP contribution in [-0.4, -0.2) is 21.1 Å². The van der Waals surface area contributed by atoms with Gasteiger partial charge in [0.25, 0.3) is 5.22 Å². The van der Waals surface area contributed by atoms with Crippen LogP contribution in [0.4, 0.5) is 5.69 Å². The molecule has 6 nitrogen and oxygen atoms in total. The molecular formula is C21H16Cl2N4O2S2. The summed E-state index contributed by atoms with van der Waals surface area (Å²) in [6, 6.07) is 14.3. The van der Waals surface area contributed by atoms with Gasteiger partial charge in [0.15, 0.2) is 0 Å². The van der Waals surface area contributed by atoms with Crippen molar-refractivity contribution in [2.24, 2.45) is 0 Å². The molecule has 2 heterocycles. The molecule has 0 bridgehead atoms. The van der Waals surface area contributed by atoms with Crippen molar-refractivity contribution in [1.29, 1.82) is 0 Å². The van der Waals surface area contributed by atoms with E-state index in [2.05, 4.69) is 20.5 Å². The van der Waals surface area contributed by atoms with E-state index in [-0.39, 0.29) is 5.91 Å². The Morgan fingerprint density at radius 3 is 2.58 bits per heavy atom. The monoisotopic (exact) mass is 490 g/mol. The summed E-state index contributed by atoms with van der Waals surface area (Å²) in [7, 11) is 0. The van der Waals surface area contributed by atoms with Crippen molar-refractivity contribution in [1.82, 2.24) is 15.2 Å². The van der Waals surface area contributed by atoms with Gasteiger partial charge in [-0.3, -0.25) is 4.79 Å². The van der Waals surface area contributed by atoms with E-state index in [1.807, 2.05) is 42.6 Å². The molecule has 0 spiro atoms. The first-order valence-electron chi connectivity index (χ1n) is 9.18. The maximum Gasteiger partial charge on any atom is 0.277 e. The number of nitrogens with one attached hydrogen (secondary N) is 1. The van der Waals surface area contributed by atoms with Crippen LogP contribution in [0.5, 0.6) is 0 Å². The van der Waals surface area contributed by atoms with Crippen molar-refractivity contribution in [3.05, 3.63) is 86.1 Å². The molecule has 4 rings (SSSR count). The van der Waals surface area contributed by atoms with Gasteiger partial charge in [0, 0.05) is 21.1 Å². The first kappa shape index (κ1) is 21.8. The molecule has 31 heavy (non-hydrogen) atoms. The van der Waals surface area contributed by atoms with Gasteiger partial charge in [-0.05, 0) is 42.4 Å². The van der Waals surface area contributed by atoms with Gasteiger partial charge in [-0.15, -0.1) is 21.5 Å². The van der Waals surface area contributed by atoms with Gasteiger partial charge in [0.05, 0.1) is 17.1 Å². The van der Waals surface area contributed by atoms with E-state index in [1.54, 1.807) is 29.5 Å². The van der Waals surface area contributed by atoms with Crippen LogP contribution in [-0.2, 0) is 11.2 Å². The number of hydrogen-bond donors (Lipinski definition) is 1. The van der Waals surface area contributed by atoms with Crippen LogP contribution < -0.4 is 5.32 Å². The number of nitrogens with zero attached hydrogens (tertiary/aromatic N) is 3. The highest BCUT2D eigenvalue weighted by Gasteiger charge is 2.25. The SMILES string of the molecule is Cc1nc(Cc2nnc(S[C@H](C(=O)Nc3cc(Cl)cc(Cl)c3)c3ccccc3)o2)cs1. The quantitative estimate of drug-likeness (QED) is 0.310. The average molecular weight is 491 g/mol. The Hall–Kier alpha value is -2.39. The van der Waals surface area contributed by atoms with Crippen LogP contribution in [0.1, 0.15) is 27.4 Å². The van der Waals surface area contributed by atoms with E-state index < -0.39 is 5.25 Å². The number of anilines is 1. The highest BCUT2D eigenvalue weighted by molar-refractivity contribution is 8.00. The second-order valence-corrected chi connectivity index (χ2v) is 9.54. The van der Waals surface area contributed by atoms with Gasteiger partial charge in [-0.2, -0.15) is 0 Å². The number of aryl methyl sites for hydroxylation is 1. The third kappa shape index (κ3) is 5.86. The van der Waals surface area contributed by atoms with Gasteiger partial charge in [0.2, 0.25) is 11.8 Å². The predicted molar refractivity (Wildman–Crippen MR) is 124 cm³/mol. The van der Waals surface area contributed by atoms with E-state index in [1.165, 1.54) is 11.8 Å². The minimum atomic E-state index is -0.617. The second-order valence-electron chi connectivity index (χ2n) is 6.55. The molecule has 0 unspecified atom stereocenters. The molecule has 0 radical (unpaired) electrons. The van der Waals surface area contributed by atoms with Gasteiger partial charge in [-0.1, -0.05) is 53.5 Å². The summed E-state index contributed by atoms with van der Waals surface area (Å²) in [5.74, 6) is 0.186. The molecule has 2 aromatic heterocycles. The lowest BCUT2D eigenvalue weighted by Crippen LogP contribution is -2.19. The van der Waals surface area contributed by atoms with E-state index in [0.29, 0.717) is 33.3 Å². The topological polar surface area (TPSA) is 80.9 Å². The Labute approximate surface area is 197 Å². The zero-order chi connectivity index (χ0) is 21.8. The molecule has 10 heteroatoms. The van der Waals surface area contributed by atoms with Crippen molar-refractivity contribution in [2.75, 3.05) is 5.32 Å². The van der Waals surface area contributed by atoms with Gasteiger partial charge >= 0.3 is 0 Å². The molecule has 0 aliphatic carbocycles. The Balaban J connectivity index is 1.54. The molecule has 0 aliphatic rings. The fourth-order valence-electron chi connectivity index (χ4n) is 2.84. The van der Waals surface area contributed by atoms with E-state index in [0.717, 1.165) is 16.3 Å². The Kier molecular flexibility index (Phi) is 6.92. The molecule has 1 atom stereocenters. The van der Waals surface area contributed by atoms with E-state index in [9.17, 15) is 4.79 Å². The predicted octanol–water partition coefficient (Wildman–Crippen LogP) is 6.20. The first-order valence-corrected chi connectivity index (χ1v) is 11.7. The number of rotatable bonds is 7. The standard InChI is InChI=1S/C21H16Cl2N4O2S2/c1-12-24-17(11-30-12)10-18-26-27-21(29-18)31-19(13-5-3-2-4-6-13)20(28)25-16-8-14(22)7-15(23)9-16/h2-9,11,19H,10H2,1H3,(H,25,28)/t19-/m0/s1. The summed E-state index contributed by atoms with van der Waals surface area (Å²) in [5.41, 5.74) is 2.18. The number of thiazole rings is 1. The number of aromatic nitrogens is 3. The molecule has 1 N–H and O–H groups in total. The summed E-state index contributed by atoms with van der Waals surface area (Å²) in [6.07, 6.45) is 0.446. The molecule has 0 fully saturated rings. The van der Waals surface area contributed by atoms with Crippen LogP contribution in [0.2, 0.25) is 10.0 Å². The third-order valence-electron chi connectivity index (χ3n) is 4.14. The van der Waals surface area contributed by atoms with E-state index in [4.69, 9.17) is 27.6 Å². The second kappa shape index (κ2) is 9.82. The Morgan fingerprint density at radius 1 is 1.16 bits per heavy atom. The summed E-state index contributed by atoms with van der Waals surface area (Å²) in [6.45, 7) is 1.94. The van der Waals surface area contributed by atoms with Crippen LogP contribution in [0, 0.1) is 6.92 Å². The number of thioether (sulfide) groups is 1. The van der Waals surface area contributed by atoms with Crippen molar-refractivity contribution in [2.45, 2.75) is 23.8 Å². The summed E-state index contributed by atoms with van der Waals surface area (Å²) < 4.78 is 5.77. The number of benzene rings is 2. The summed E-state index contributed by atoms with van der Waals surface area (Å²) >= 11 is 14.8. The maximum atomic E-state index is 13.1. The normalized spacial score (nSPS) is 12.0. The van der Waals surface area contributed by atoms with Crippen LogP contribution in [0.25, 0.3) is 0 Å². The van der Waals surface area contributed by atoms with E-state index >= 15 is 0 Å². The van der Waals surface area contributed by atoms with Crippen molar-refractivity contribution in [3.63, 3.8) is 0 Å². The average Bonchev–Trinajstić information content (AvgIpc) is 3.34. The van der Waals surface area contributed by atoms with Gasteiger partial charge in [0.1, 0.15) is 5.25 Å². The number of carbonyl (C=O) groups excluding carboxylic acids is 1. The Morgan fingerprint density at radius 2 is 1.90 bits per heavy atom. The molecular weight excluding hydrogens is 475 g/mol. The largest absolute Gasteiger partial charge is 0.416 e. The van der Waals surface area contributed by atoms with Crippen LogP contribution in [0.3, 0.4) is 0 Å².